The van der Waals surface area contributed by atoms with Crippen molar-refractivity contribution in [2.24, 2.45) is 0 Å². The van der Waals surface area contributed by atoms with Crippen molar-refractivity contribution < 1.29 is 24.1 Å². The van der Waals surface area contributed by atoms with Crippen LogP contribution in [0.1, 0.15) is 64.6 Å². The van der Waals surface area contributed by atoms with Crippen LogP contribution in [0.4, 0.5) is 4.39 Å². The minimum absolute atomic E-state index is 0.000896. The lowest BCUT2D eigenvalue weighted by Crippen LogP contribution is -2.27. The van der Waals surface area contributed by atoms with Crippen LogP contribution in [0.15, 0.2) is 48.5 Å². The Kier molecular flexibility index (Phi) is 7.95. The molecule has 2 atom stereocenters. The van der Waals surface area contributed by atoms with Gasteiger partial charge in [0, 0.05) is 28.6 Å². The minimum atomic E-state index is -1.03. The van der Waals surface area contributed by atoms with E-state index < -0.39 is 23.8 Å². The third-order valence-electron chi connectivity index (χ3n) is 5.46. The number of fused-ring (bicyclic) bond motifs is 1. The number of hydrogen-bond donors (Lipinski definition) is 3. The molecule has 0 fully saturated rings. The smallest absolute Gasteiger partial charge is 0.308 e. The molecule has 182 valence electrons. The van der Waals surface area contributed by atoms with Gasteiger partial charge in [-0.25, -0.2) is 4.39 Å². The highest BCUT2D eigenvalue weighted by molar-refractivity contribution is 6.02. The molecular formula is C28H34FNO4. The van der Waals surface area contributed by atoms with E-state index in [2.05, 4.69) is 24.9 Å². The quantitative estimate of drug-likeness (QED) is 0.357. The molecule has 5 nitrogen and oxygen atoms in total. The van der Waals surface area contributed by atoms with Gasteiger partial charge in [0.05, 0.1) is 18.6 Å². The fourth-order valence-electron chi connectivity index (χ4n) is 4.04. The number of rotatable bonds is 8. The van der Waals surface area contributed by atoms with Crippen molar-refractivity contribution in [1.29, 1.82) is 0 Å². The zero-order valence-corrected chi connectivity index (χ0v) is 20.4. The molecule has 0 spiro atoms. The highest BCUT2D eigenvalue weighted by Gasteiger charge is 2.21. The maximum atomic E-state index is 13.6. The summed E-state index contributed by atoms with van der Waals surface area (Å²) < 4.78 is 18.8. The Balaban J connectivity index is 1.88. The fraction of sp³-hybridized carbons (Fsp3) is 0.393. The molecule has 3 N–H and O–H groups in total. The number of halogens is 1. The first-order chi connectivity index (χ1) is 15.9. The number of carbonyl (C=O) groups excluding carboxylic acids is 1. The zero-order chi connectivity index (χ0) is 25.0. The third-order valence-corrected chi connectivity index (χ3v) is 5.46. The second-order valence-electron chi connectivity index (χ2n) is 9.95. The molecule has 0 aliphatic heterocycles. The standard InChI is InChI=1S/C28H34FNO4/c1-17(2)22-7-6-8-23-27(22)26(18-9-11-19(29)12-10-18)24(30-23)14-13-20(31)15-21(32)16-25(33)34-28(3,4)5/h6-14,17,20-21,30-32H,15-16H2,1-5H3/b14-13+/t20-,21-/m1/s1. The van der Waals surface area contributed by atoms with Crippen LogP contribution in [0.3, 0.4) is 0 Å². The number of benzene rings is 2. The molecule has 0 unspecified atom stereocenters. The first-order valence-corrected chi connectivity index (χ1v) is 11.6. The number of ether oxygens (including phenoxy) is 1. The Labute approximate surface area is 200 Å². The van der Waals surface area contributed by atoms with Gasteiger partial charge in [0.2, 0.25) is 0 Å². The van der Waals surface area contributed by atoms with Crippen molar-refractivity contribution in [1.82, 2.24) is 4.98 Å². The van der Waals surface area contributed by atoms with E-state index in [1.54, 1.807) is 45.1 Å². The summed E-state index contributed by atoms with van der Waals surface area (Å²) in [6.45, 7) is 9.54. The number of aliphatic hydroxyl groups excluding tert-OH is 2. The summed E-state index contributed by atoms with van der Waals surface area (Å²) in [7, 11) is 0. The zero-order valence-electron chi connectivity index (χ0n) is 20.4. The Morgan fingerprint density at radius 1 is 1.12 bits per heavy atom. The number of H-pyrrole nitrogens is 1. The molecular weight excluding hydrogens is 433 g/mol. The van der Waals surface area contributed by atoms with Crippen molar-refractivity contribution >= 4 is 22.9 Å². The molecule has 0 bridgehead atoms. The molecule has 3 aromatic rings. The summed E-state index contributed by atoms with van der Waals surface area (Å²) in [6.07, 6.45) is 1.18. The molecule has 3 rings (SSSR count). The van der Waals surface area contributed by atoms with Crippen LogP contribution in [0.5, 0.6) is 0 Å². The highest BCUT2D eigenvalue weighted by Crippen LogP contribution is 2.38. The van der Waals surface area contributed by atoms with Gasteiger partial charge in [-0.1, -0.05) is 44.2 Å². The predicted molar refractivity (Wildman–Crippen MR) is 134 cm³/mol. The molecule has 1 aromatic heterocycles. The Hall–Kier alpha value is -2.96. The Morgan fingerprint density at radius 3 is 2.41 bits per heavy atom. The van der Waals surface area contributed by atoms with Crippen LogP contribution in [-0.4, -0.2) is 39.0 Å². The van der Waals surface area contributed by atoms with Gasteiger partial charge in [-0.15, -0.1) is 0 Å². The first kappa shape index (κ1) is 25.7. The number of aliphatic hydroxyl groups is 2. The van der Waals surface area contributed by atoms with E-state index in [-0.39, 0.29) is 24.6 Å². The maximum Gasteiger partial charge on any atom is 0.308 e. The number of aromatic amines is 1. The van der Waals surface area contributed by atoms with Crippen molar-refractivity contribution in [2.75, 3.05) is 0 Å². The molecule has 0 radical (unpaired) electrons. The topological polar surface area (TPSA) is 82.5 Å². The summed E-state index contributed by atoms with van der Waals surface area (Å²) in [6, 6.07) is 12.4. The van der Waals surface area contributed by atoms with E-state index in [9.17, 15) is 19.4 Å². The predicted octanol–water partition coefficient (Wildman–Crippen LogP) is 5.95. The highest BCUT2D eigenvalue weighted by atomic mass is 19.1. The van der Waals surface area contributed by atoms with Gasteiger partial charge in [0.15, 0.2) is 0 Å². The number of carbonyl (C=O) groups is 1. The molecule has 34 heavy (non-hydrogen) atoms. The van der Waals surface area contributed by atoms with E-state index in [1.165, 1.54) is 17.7 Å². The SMILES string of the molecule is CC(C)c1cccc2[nH]c(/C=C/[C@@H](O)C[C@@H](O)CC(=O)OC(C)(C)C)c(-c3ccc(F)cc3)c12. The summed E-state index contributed by atoms with van der Waals surface area (Å²) in [5.41, 5.74) is 4.05. The third kappa shape index (κ3) is 6.55. The van der Waals surface area contributed by atoms with Crippen LogP contribution in [0.2, 0.25) is 0 Å². The Bertz CT molecular complexity index is 1160. The average Bonchev–Trinajstić information content (AvgIpc) is 3.09. The van der Waals surface area contributed by atoms with Crippen LogP contribution in [0, 0.1) is 5.82 Å². The molecule has 0 saturated carbocycles. The van der Waals surface area contributed by atoms with Crippen LogP contribution < -0.4 is 0 Å². The lowest BCUT2D eigenvalue weighted by molar-refractivity contribution is -0.157. The van der Waals surface area contributed by atoms with Crippen molar-refractivity contribution in [3.8, 4) is 11.1 Å². The van der Waals surface area contributed by atoms with E-state index in [0.717, 1.165) is 27.7 Å². The second kappa shape index (κ2) is 10.5. The normalized spacial score (nSPS) is 14.1. The van der Waals surface area contributed by atoms with Crippen LogP contribution in [-0.2, 0) is 9.53 Å². The van der Waals surface area contributed by atoms with Crippen LogP contribution in [0.25, 0.3) is 28.1 Å². The number of esters is 1. The van der Waals surface area contributed by atoms with Gasteiger partial charge in [0.1, 0.15) is 11.4 Å². The average molecular weight is 468 g/mol. The molecule has 1 heterocycles. The molecule has 0 saturated heterocycles. The minimum Gasteiger partial charge on any atom is -0.460 e. The van der Waals surface area contributed by atoms with Crippen molar-refractivity contribution in [3.63, 3.8) is 0 Å². The molecule has 0 aliphatic rings. The van der Waals surface area contributed by atoms with Crippen LogP contribution >= 0.6 is 0 Å². The molecule has 0 amide bonds. The van der Waals surface area contributed by atoms with Gasteiger partial charge < -0.3 is 19.9 Å². The molecule has 6 heteroatoms. The van der Waals surface area contributed by atoms with Gasteiger partial charge >= 0.3 is 5.97 Å². The van der Waals surface area contributed by atoms with Crippen molar-refractivity contribution in [2.45, 2.75) is 71.2 Å². The maximum absolute atomic E-state index is 13.6. The lowest BCUT2D eigenvalue weighted by atomic mass is 9.93. The fourth-order valence-corrected chi connectivity index (χ4v) is 4.04. The van der Waals surface area contributed by atoms with E-state index >= 15 is 0 Å². The van der Waals surface area contributed by atoms with Gasteiger partial charge in [-0.2, -0.15) is 0 Å². The molecule has 0 aliphatic carbocycles. The second-order valence-corrected chi connectivity index (χ2v) is 9.95. The number of hydrogen-bond acceptors (Lipinski definition) is 4. The van der Waals surface area contributed by atoms with E-state index in [4.69, 9.17) is 4.74 Å². The molecule has 2 aromatic carbocycles. The first-order valence-electron chi connectivity index (χ1n) is 11.6. The largest absolute Gasteiger partial charge is 0.460 e. The summed E-state index contributed by atoms with van der Waals surface area (Å²) in [5.74, 6) is -0.533. The summed E-state index contributed by atoms with van der Waals surface area (Å²) >= 11 is 0. The summed E-state index contributed by atoms with van der Waals surface area (Å²) in [4.78, 5) is 15.3. The number of aromatic nitrogens is 1. The van der Waals surface area contributed by atoms with E-state index in [0.29, 0.717) is 0 Å². The van der Waals surface area contributed by atoms with E-state index in [1.807, 2.05) is 12.1 Å². The number of nitrogens with one attached hydrogen (secondary N) is 1. The lowest BCUT2D eigenvalue weighted by Gasteiger charge is -2.21. The van der Waals surface area contributed by atoms with Gasteiger partial charge in [-0.3, -0.25) is 4.79 Å². The Morgan fingerprint density at radius 2 is 1.79 bits per heavy atom. The summed E-state index contributed by atoms with van der Waals surface area (Å²) in [5, 5.41) is 21.8. The van der Waals surface area contributed by atoms with Gasteiger partial charge in [0.25, 0.3) is 0 Å². The monoisotopic (exact) mass is 467 g/mol. The van der Waals surface area contributed by atoms with Crippen molar-refractivity contribution in [3.05, 3.63) is 65.6 Å². The van der Waals surface area contributed by atoms with Gasteiger partial charge in [-0.05, 0) is 62.1 Å².